The van der Waals surface area contributed by atoms with E-state index in [4.69, 9.17) is 0 Å². The van der Waals surface area contributed by atoms with Crippen LogP contribution < -0.4 is 10.6 Å². The van der Waals surface area contributed by atoms with Gasteiger partial charge < -0.3 is 15.7 Å². The van der Waals surface area contributed by atoms with Gasteiger partial charge in [-0.3, -0.25) is 4.99 Å². The minimum absolute atomic E-state index is 0.158. The largest absolute Gasteiger partial charge is 0.508 e. The second kappa shape index (κ2) is 8.06. The highest BCUT2D eigenvalue weighted by Crippen LogP contribution is 2.30. The van der Waals surface area contributed by atoms with E-state index in [1.807, 2.05) is 24.3 Å². The predicted molar refractivity (Wildman–Crippen MR) is 103 cm³/mol. The van der Waals surface area contributed by atoms with E-state index in [0.29, 0.717) is 12.3 Å². The van der Waals surface area contributed by atoms with Crippen molar-refractivity contribution in [2.24, 2.45) is 4.99 Å². The number of rotatable bonds is 4. The molecule has 0 radical (unpaired) electrons. The minimum atomic E-state index is 0.158. The van der Waals surface area contributed by atoms with Crippen molar-refractivity contribution < 1.29 is 5.11 Å². The molecule has 0 aliphatic heterocycles. The Morgan fingerprint density at radius 3 is 2.64 bits per heavy atom. The molecule has 0 aromatic heterocycles. The number of aliphatic imine (C=N–C) groups is 1. The molecule has 2 aromatic carbocycles. The van der Waals surface area contributed by atoms with Crippen LogP contribution in [-0.4, -0.2) is 18.1 Å². The Hall–Kier alpha value is -2.49. The van der Waals surface area contributed by atoms with Gasteiger partial charge in [-0.1, -0.05) is 36.4 Å². The maximum absolute atomic E-state index is 10.3. The molecule has 1 unspecified atom stereocenters. The van der Waals surface area contributed by atoms with E-state index in [0.717, 1.165) is 24.4 Å². The highest BCUT2D eigenvalue weighted by molar-refractivity contribution is 5.80. The van der Waals surface area contributed by atoms with Crippen molar-refractivity contribution in [2.75, 3.05) is 7.05 Å². The molecule has 132 valence electrons. The van der Waals surface area contributed by atoms with Crippen LogP contribution in [-0.2, 0) is 19.4 Å². The van der Waals surface area contributed by atoms with Crippen molar-refractivity contribution in [1.29, 1.82) is 0 Å². The van der Waals surface area contributed by atoms with Gasteiger partial charge in [0, 0.05) is 19.2 Å². The molecule has 1 aliphatic rings. The molecule has 0 spiro atoms. The Labute approximate surface area is 150 Å². The molecule has 0 fully saturated rings. The van der Waals surface area contributed by atoms with Crippen LogP contribution in [0.25, 0.3) is 0 Å². The monoisotopic (exact) mass is 337 g/mol. The maximum atomic E-state index is 10.3. The molecule has 0 bridgehead atoms. The molecule has 0 saturated heterocycles. The van der Waals surface area contributed by atoms with E-state index in [9.17, 15) is 5.11 Å². The summed E-state index contributed by atoms with van der Waals surface area (Å²) in [5, 5.41) is 17.1. The Morgan fingerprint density at radius 2 is 1.88 bits per heavy atom. The fourth-order valence-corrected chi connectivity index (χ4v) is 3.49. The molecule has 0 amide bonds. The average molecular weight is 337 g/mol. The molecule has 25 heavy (non-hydrogen) atoms. The molecule has 3 rings (SSSR count). The molecule has 4 heteroatoms. The van der Waals surface area contributed by atoms with E-state index < -0.39 is 0 Å². The lowest BCUT2D eigenvalue weighted by atomic mass is 9.88. The number of aromatic hydroxyl groups is 1. The van der Waals surface area contributed by atoms with Gasteiger partial charge in [-0.05, 0) is 55.4 Å². The van der Waals surface area contributed by atoms with Crippen molar-refractivity contribution in [3.05, 3.63) is 64.7 Å². The summed E-state index contributed by atoms with van der Waals surface area (Å²) in [6.45, 7) is 2.69. The number of nitrogens with zero attached hydrogens (tertiary/aromatic N) is 1. The van der Waals surface area contributed by atoms with Gasteiger partial charge in [0.2, 0.25) is 0 Å². The molecule has 3 N–H and O–H groups in total. The summed E-state index contributed by atoms with van der Waals surface area (Å²) < 4.78 is 0. The lowest BCUT2D eigenvalue weighted by Crippen LogP contribution is -2.38. The lowest BCUT2D eigenvalue weighted by molar-refractivity contribution is 0.464. The Bertz CT molecular complexity index is 740. The van der Waals surface area contributed by atoms with Gasteiger partial charge in [0.05, 0.1) is 6.04 Å². The highest BCUT2D eigenvalue weighted by atomic mass is 16.3. The van der Waals surface area contributed by atoms with Crippen LogP contribution in [0.15, 0.2) is 47.5 Å². The van der Waals surface area contributed by atoms with Crippen molar-refractivity contribution in [1.82, 2.24) is 10.6 Å². The third-order valence-electron chi connectivity index (χ3n) is 4.94. The van der Waals surface area contributed by atoms with Gasteiger partial charge in [0.25, 0.3) is 0 Å². The first-order valence-corrected chi connectivity index (χ1v) is 9.03. The fourth-order valence-electron chi connectivity index (χ4n) is 3.49. The standard InChI is InChI=1S/C21H27N3O/c1-15(16-8-4-3-5-9-16)24-21(22-2)23-14-19-18-11-7-6-10-17(18)12-13-20(19)25/h3-5,8-9,12-13,15,25H,6-7,10-11,14H2,1-2H3,(H2,22,23,24). The first kappa shape index (κ1) is 17.3. The zero-order valence-electron chi connectivity index (χ0n) is 15.0. The zero-order chi connectivity index (χ0) is 17.6. The summed E-state index contributed by atoms with van der Waals surface area (Å²) in [5.74, 6) is 1.11. The topological polar surface area (TPSA) is 56.7 Å². The van der Waals surface area contributed by atoms with E-state index in [2.05, 4.69) is 40.7 Å². The number of phenols is 1. The van der Waals surface area contributed by atoms with Crippen LogP contribution in [0.4, 0.5) is 0 Å². The van der Waals surface area contributed by atoms with Crippen molar-refractivity contribution >= 4 is 5.96 Å². The Balaban J connectivity index is 1.68. The normalized spacial score (nSPS) is 15.4. The smallest absolute Gasteiger partial charge is 0.191 e. The number of nitrogens with one attached hydrogen (secondary N) is 2. The van der Waals surface area contributed by atoms with Crippen LogP contribution in [0.5, 0.6) is 5.75 Å². The number of benzene rings is 2. The highest BCUT2D eigenvalue weighted by Gasteiger charge is 2.17. The molecular weight excluding hydrogens is 310 g/mol. The second-order valence-electron chi connectivity index (χ2n) is 6.61. The molecule has 4 nitrogen and oxygen atoms in total. The predicted octanol–water partition coefficient (Wildman–Crippen LogP) is 3.70. The Morgan fingerprint density at radius 1 is 1.12 bits per heavy atom. The van der Waals surface area contributed by atoms with E-state index >= 15 is 0 Å². The van der Waals surface area contributed by atoms with Crippen LogP contribution >= 0.6 is 0 Å². The maximum Gasteiger partial charge on any atom is 0.191 e. The molecular formula is C21H27N3O. The first-order valence-electron chi connectivity index (χ1n) is 9.03. The third-order valence-corrected chi connectivity index (χ3v) is 4.94. The lowest BCUT2D eigenvalue weighted by Gasteiger charge is -2.22. The van der Waals surface area contributed by atoms with Gasteiger partial charge in [-0.25, -0.2) is 0 Å². The number of aryl methyl sites for hydroxylation is 1. The van der Waals surface area contributed by atoms with E-state index in [-0.39, 0.29) is 6.04 Å². The van der Waals surface area contributed by atoms with Gasteiger partial charge >= 0.3 is 0 Å². The van der Waals surface area contributed by atoms with Crippen LogP contribution in [0.2, 0.25) is 0 Å². The van der Waals surface area contributed by atoms with E-state index in [1.54, 1.807) is 7.05 Å². The average Bonchev–Trinajstić information content (AvgIpc) is 2.66. The zero-order valence-corrected chi connectivity index (χ0v) is 15.0. The number of hydrogen-bond donors (Lipinski definition) is 3. The number of fused-ring (bicyclic) bond motifs is 1. The quantitative estimate of drug-likeness (QED) is 0.589. The molecule has 1 atom stereocenters. The summed E-state index contributed by atoms with van der Waals surface area (Å²) in [5.41, 5.74) is 4.91. The SMILES string of the molecule is CN=C(NCc1c(O)ccc2c1CCCC2)NC(C)c1ccccc1. The summed E-state index contributed by atoms with van der Waals surface area (Å²) in [6.07, 6.45) is 4.59. The Kier molecular flexibility index (Phi) is 5.59. The van der Waals surface area contributed by atoms with E-state index in [1.165, 1.54) is 29.5 Å². The number of hydrogen-bond acceptors (Lipinski definition) is 2. The second-order valence-corrected chi connectivity index (χ2v) is 6.61. The van der Waals surface area contributed by atoms with Gasteiger partial charge in [-0.2, -0.15) is 0 Å². The minimum Gasteiger partial charge on any atom is -0.508 e. The summed E-state index contributed by atoms with van der Waals surface area (Å²) in [6, 6.07) is 14.3. The number of phenolic OH excluding ortho intramolecular Hbond substituents is 1. The molecule has 1 aliphatic carbocycles. The first-order chi connectivity index (χ1) is 12.2. The van der Waals surface area contributed by atoms with Crippen molar-refractivity contribution in [2.45, 2.75) is 45.2 Å². The summed E-state index contributed by atoms with van der Waals surface area (Å²) >= 11 is 0. The third kappa shape index (κ3) is 4.13. The van der Waals surface area contributed by atoms with Crippen molar-refractivity contribution in [3.63, 3.8) is 0 Å². The van der Waals surface area contributed by atoms with Gasteiger partial charge in [0.15, 0.2) is 5.96 Å². The molecule has 2 aromatic rings. The van der Waals surface area contributed by atoms with Gasteiger partial charge in [0.1, 0.15) is 5.75 Å². The van der Waals surface area contributed by atoms with Crippen LogP contribution in [0.1, 0.15) is 48.1 Å². The summed E-state index contributed by atoms with van der Waals surface area (Å²) in [7, 11) is 1.77. The number of guanidine groups is 1. The fraction of sp³-hybridized carbons (Fsp3) is 0.381. The summed E-state index contributed by atoms with van der Waals surface area (Å²) in [4.78, 5) is 4.32. The molecule has 0 heterocycles. The van der Waals surface area contributed by atoms with Crippen molar-refractivity contribution in [3.8, 4) is 5.75 Å². The van der Waals surface area contributed by atoms with Crippen LogP contribution in [0, 0.1) is 0 Å². The molecule has 0 saturated carbocycles. The van der Waals surface area contributed by atoms with Gasteiger partial charge in [-0.15, -0.1) is 0 Å². The van der Waals surface area contributed by atoms with Crippen LogP contribution in [0.3, 0.4) is 0 Å².